The second-order valence-electron chi connectivity index (χ2n) is 2.10. The first kappa shape index (κ1) is 10.1. The fraction of sp³-hybridized carbons (Fsp3) is 0. The summed E-state index contributed by atoms with van der Waals surface area (Å²) in [5.74, 6) is 0. The Bertz CT molecular complexity index is 431. The Hall–Kier alpha value is -0.950. The quantitative estimate of drug-likeness (QED) is 0.591. The molecule has 0 amide bonds. The third-order valence-corrected chi connectivity index (χ3v) is 2.37. The van der Waals surface area contributed by atoms with Crippen LogP contribution in [0.15, 0.2) is 26.1 Å². The predicted molar refractivity (Wildman–Crippen MR) is 54.3 cm³/mol. The molecule has 1 rings (SSSR count). The Kier molecular flexibility index (Phi) is 3.38. The Labute approximate surface area is 91.3 Å². The van der Waals surface area contributed by atoms with Gasteiger partial charge in [-0.3, -0.25) is 0 Å². The van der Waals surface area contributed by atoms with E-state index in [1.54, 1.807) is 12.1 Å². The first-order valence-corrected chi connectivity index (χ1v) is 4.74. The zero-order valence-electron chi connectivity index (χ0n) is 6.21. The van der Waals surface area contributed by atoms with Crippen molar-refractivity contribution in [3.63, 3.8) is 0 Å². The number of rotatable bonds is 1. The van der Waals surface area contributed by atoms with Crippen molar-refractivity contribution in [2.45, 2.75) is 0 Å². The number of isocyanates is 1. The van der Waals surface area contributed by atoms with Crippen LogP contribution in [-0.2, 0) is 4.79 Å². The summed E-state index contributed by atoms with van der Waals surface area (Å²) in [5.41, 5.74) is 0.630. The lowest BCUT2D eigenvalue weighted by Gasteiger charge is -1.99. The zero-order chi connectivity index (χ0) is 9.84. The molecule has 64 valence electrons. The third-order valence-electron chi connectivity index (χ3n) is 1.31. The number of aliphatic imine (C=N–C) groups is 1. The van der Waals surface area contributed by atoms with E-state index >= 15 is 0 Å². The maximum atomic E-state index is 10.0. The van der Waals surface area contributed by atoms with Crippen LogP contribution in [0, 0.1) is 11.3 Å². The summed E-state index contributed by atoms with van der Waals surface area (Å²) >= 11 is 6.40. The minimum atomic E-state index is 0.306. The maximum Gasteiger partial charge on any atom is 0.240 e. The van der Waals surface area contributed by atoms with Gasteiger partial charge in [-0.1, -0.05) is 15.9 Å². The average molecular weight is 302 g/mol. The van der Waals surface area contributed by atoms with Gasteiger partial charge < -0.3 is 0 Å². The van der Waals surface area contributed by atoms with Gasteiger partial charge in [-0.05, 0) is 28.1 Å². The molecule has 0 saturated heterocycles. The lowest BCUT2D eigenvalue weighted by Crippen LogP contribution is -1.78. The largest absolute Gasteiger partial charge is 0.240 e. The molecule has 0 bridgehead atoms. The molecule has 5 heteroatoms. The molecule has 0 spiro atoms. The predicted octanol–water partition coefficient (Wildman–Crippen LogP) is 3.05. The highest BCUT2D eigenvalue weighted by molar-refractivity contribution is 9.11. The highest BCUT2D eigenvalue weighted by atomic mass is 79.9. The van der Waals surface area contributed by atoms with Crippen LogP contribution in [0.2, 0.25) is 0 Å². The minimum Gasteiger partial charge on any atom is -0.211 e. The molecule has 0 saturated carbocycles. The maximum absolute atomic E-state index is 10.0. The molecule has 3 nitrogen and oxygen atoms in total. The van der Waals surface area contributed by atoms with E-state index in [0.29, 0.717) is 15.7 Å². The molecular weight excluding hydrogens is 300 g/mol. The number of carbonyl (C=O) groups excluding carboxylic acids is 1. The van der Waals surface area contributed by atoms with Crippen LogP contribution in [-0.4, -0.2) is 6.08 Å². The summed E-state index contributed by atoms with van der Waals surface area (Å²) in [7, 11) is 0. The number of benzene rings is 1. The van der Waals surface area contributed by atoms with Gasteiger partial charge in [0.05, 0.1) is 5.56 Å². The van der Waals surface area contributed by atoms with Gasteiger partial charge in [0.15, 0.2) is 0 Å². The summed E-state index contributed by atoms with van der Waals surface area (Å²) < 4.78 is 1.34. The minimum absolute atomic E-state index is 0.306. The first-order valence-electron chi connectivity index (χ1n) is 3.16. The normalized spacial score (nSPS) is 8.69. The van der Waals surface area contributed by atoms with E-state index in [1.165, 1.54) is 6.08 Å². The Morgan fingerprint density at radius 3 is 2.62 bits per heavy atom. The van der Waals surface area contributed by atoms with Crippen molar-refractivity contribution in [2.75, 3.05) is 0 Å². The fourth-order valence-electron chi connectivity index (χ4n) is 0.810. The molecule has 0 unspecified atom stereocenters. The van der Waals surface area contributed by atoms with Crippen molar-refractivity contribution < 1.29 is 4.79 Å². The molecule has 1 aromatic carbocycles. The fourth-order valence-corrected chi connectivity index (χ4v) is 2.12. The summed E-state index contributed by atoms with van der Waals surface area (Å²) in [6.45, 7) is 0. The van der Waals surface area contributed by atoms with Crippen molar-refractivity contribution in [3.8, 4) is 6.07 Å². The van der Waals surface area contributed by atoms with Gasteiger partial charge in [-0.2, -0.15) is 10.3 Å². The first-order chi connectivity index (χ1) is 6.19. The molecule has 0 aliphatic carbocycles. The molecule has 0 heterocycles. The van der Waals surface area contributed by atoms with Crippen LogP contribution < -0.4 is 0 Å². The number of hydrogen-bond acceptors (Lipinski definition) is 3. The van der Waals surface area contributed by atoms with Gasteiger partial charge in [0, 0.05) is 8.95 Å². The molecular formula is C8H2Br2N2O. The second kappa shape index (κ2) is 4.33. The molecule has 1 aromatic rings. The molecule has 0 atom stereocenters. The van der Waals surface area contributed by atoms with E-state index in [9.17, 15) is 4.79 Å². The van der Waals surface area contributed by atoms with Gasteiger partial charge in [-0.15, -0.1) is 0 Å². The monoisotopic (exact) mass is 300 g/mol. The molecule has 0 aliphatic rings. The average Bonchev–Trinajstić information content (AvgIpc) is 2.09. The van der Waals surface area contributed by atoms with E-state index in [0.717, 1.165) is 4.47 Å². The summed E-state index contributed by atoms with van der Waals surface area (Å²) in [4.78, 5) is 13.5. The van der Waals surface area contributed by atoms with Gasteiger partial charge in [0.1, 0.15) is 11.8 Å². The highest BCUT2D eigenvalue weighted by Crippen LogP contribution is 2.32. The van der Waals surface area contributed by atoms with E-state index in [-0.39, 0.29) is 0 Å². The van der Waals surface area contributed by atoms with Gasteiger partial charge >= 0.3 is 0 Å². The van der Waals surface area contributed by atoms with Crippen molar-refractivity contribution in [2.24, 2.45) is 4.99 Å². The van der Waals surface area contributed by atoms with E-state index in [1.807, 2.05) is 6.07 Å². The lowest BCUT2D eigenvalue weighted by molar-refractivity contribution is 0.565. The summed E-state index contributed by atoms with van der Waals surface area (Å²) in [5, 5.41) is 8.71. The lowest BCUT2D eigenvalue weighted by atomic mass is 10.2. The van der Waals surface area contributed by atoms with Crippen LogP contribution in [0.1, 0.15) is 5.56 Å². The van der Waals surface area contributed by atoms with Crippen molar-refractivity contribution >= 4 is 43.6 Å². The van der Waals surface area contributed by atoms with E-state index in [4.69, 9.17) is 5.26 Å². The smallest absolute Gasteiger partial charge is 0.211 e. The molecule has 13 heavy (non-hydrogen) atoms. The Morgan fingerprint density at radius 1 is 1.38 bits per heavy atom. The number of halogens is 2. The van der Waals surface area contributed by atoms with Gasteiger partial charge in [0.25, 0.3) is 0 Å². The SMILES string of the molecule is N#Cc1cc(Br)cc(Br)c1N=C=O. The van der Waals surface area contributed by atoms with Crippen molar-refractivity contribution in [1.82, 2.24) is 0 Å². The van der Waals surface area contributed by atoms with Crippen LogP contribution in [0.5, 0.6) is 0 Å². The van der Waals surface area contributed by atoms with Crippen LogP contribution in [0.3, 0.4) is 0 Å². The van der Waals surface area contributed by atoms with Crippen LogP contribution in [0.4, 0.5) is 5.69 Å². The van der Waals surface area contributed by atoms with E-state index in [2.05, 4.69) is 36.9 Å². The molecule has 0 fully saturated rings. The highest BCUT2D eigenvalue weighted by Gasteiger charge is 2.06. The Morgan fingerprint density at radius 2 is 2.08 bits per heavy atom. The Balaban J connectivity index is 3.49. The number of nitrogens with zero attached hydrogens (tertiary/aromatic N) is 2. The van der Waals surface area contributed by atoms with Gasteiger partial charge in [-0.25, -0.2) is 4.79 Å². The van der Waals surface area contributed by atoms with Crippen LogP contribution >= 0.6 is 31.9 Å². The van der Waals surface area contributed by atoms with Crippen molar-refractivity contribution in [3.05, 3.63) is 26.6 Å². The van der Waals surface area contributed by atoms with E-state index < -0.39 is 0 Å². The number of nitriles is 1. The number of hydrogen-bond donors (Lipinski definition) is 0. The summed E-state index contributed by atoms with van der Waals surface area (Å²) in [6.07, 6.45) is 1.40. The molecule has 0 aliphatic heterocycles. The molecule has 0 N–H and O–H groups in total. The molecule has 0 radical (unpaired) electrons. The zero-order valence-corrected chi connectivity index (χ0v) is 9.39. The van der Waals surface area contributed by atoms with Crippen LogP contribution in [0.25, 0.3) is 0 Å². The topological polar surface area (TPSA) is 53.2 Å². The summed E-state index contributed by atoms with van der Waals surface area (Å²) in [6, 6.07) is 5.22. The molecule has 0 aromatic heterocycles. The third kappa shape index (κ3) is 2.25. The second-order valence-corrected chi connectivity index (χ2v) is 3.87. The van der Waals surface area contributed by atoms with Gasteiger partial charge in [0.2, 0.25) is 6.08 Å². The standard InChI is InChI=1S/C8H2Br2N2O/c9-6-1-5(3-11)8(12-4-13)7(10)2-6/h1-2H. The van der Waals surface area contributed by atoms with Crippen molar-refractivity contribution in [1.29, 1.82) is 5.26 Å².